The van der Waals surface area contributed by atoms with Gasteiger partial charge in [0.05, 0.1) is 11.3 Å². The molecule has 0 radical (unpaired) electrons. The van der Waals surface area contributed by atoms with Gasteiger partial charge in [0.1, 0.15) is 28.5 Å². The molecule has 142 valence electrons. The molecule has 0 amide bonds. The Kier molecular flexibility index (Phi) is 6.56. The summed E-state index contributed by atoms with van der Waals surface area (Å²) in [6.07, 6.45) is 0. The number of hydrogen-bond donors (Lipinski definition) is 1. The summed E-state index contributed by atoms with van der Waals surface area (Å²) in [7, 11) is 0. The topological polar surface area (TPSA) is 104 Å². The monoisotopic (exact) mass is 482 g/mol. The number of nitrogens with two attached hydrogens (primary N) is 1. The lowest BCUT2D eigenvalue weighted by Gasteiger charge is -2.13. The molecule has 29 heavy (non-hydrogen) atoms. The fraction of sp³-hybridized carbons (Fsp3) is 0.0476. The molecule has 0 aliphatic rings. The van der Waals surface area contributed by atoms with Crippen LogP contribution in [-0.4, -0.2) is 16.5 Å². The summed E-state index contributed by atoms with van der Waals surface area (Å²) in [6, 6.07) is 17.9. The highest BCUT2D eigenvalue weighted by Gasteiger charge is 2.21. The quantitative estimate of drug-likeness (QED) is 0.381. The zero-order valence-corrected chi connectivity index (χ0v) is 18.0. The largest absolute Gasteiger partial charge is 0.383 e. The molecular weight excluding hydrogens is 472 g/mol. The van der Waals surface area contributed by atoms with Gasteiger partial charge >= 0.3 is 0 Å². The molecule has 2 N–H and O–H groups in total. The molecule has 8 heteroatoms. The van der Waals surface area contributed by atoms with E-state index in [0.29, 0.717) is 26.7 Å². The van der Waals surface area contributed by atoms with Crippen LogP contribution in [0.1, 0.15) is 21.5 Å². The maximum Gasteiger partial charge on any atom is 0.173 e. The molecule has 0 bridgehead atoms. The number of hydrogen-bond acceptors (Lipinski definition) is 6. The van der Waals surface area contributed by atoms with Gasteiger partial charge in [0.2, 0.25) is 0 Å². The number of halogens is 2. The molecule has 0 aliphatic carbocycles. The van der Waals surface area contributed by atoms with E-state index in [0.717, 1.165) is 16.2 Å². The van der Waals surface area contributed by atoms with Crippen LogP contribution < -0.4 is 5.73 Å². The molecule has 2 aromatic carbocycles. The Morgan fingerprint density at radius 2 is 1.83 bits per heavy atom. The van der Waals surface area contributed by atoms with Gasteiger partial charge in [-0.2, -0.15) is 10.5 Å². The number of pyridine rings is 1. The number of nitriles is 2. The van der Waals surface area contributed by atoms with Gasteiger partial charge in [-0.15, -0.1) is 0 Å². The van der Waals surface area contributed by atoms with Gasteiger partial charge in [-0.3, -0.25) is 4.79 Å². The van der Waals surface area contributed by atoms with E-state index in [-0.39, 0.29) is 28.5 Å². The predicted molar refractivity (Wildman–Crippen MR) is 118 cm³/mol. The summed E-state index contributed by atoms with van der Waals surface area (Å²) in [5.74, 6) is -0.0376. The van der Waals surface area contributed by atoms with Crippen molar-refractivity contribution in [2.45, 2.75) is 5.03 Å². The molecule has 0 saturated carbocycles. The smallest absolute Gasteiger partial charge is 0.173 e. The lowest BCUT2D eigenvalue weighted by atomic mass is 9.97. The molecule has 1 heterocycles. The molecule has 0 fully saturated rings. The van der Waals surface area contributed by atoms with E-state index in [9.17, 15) is 15.3 Å². The molecule has 3 aromatic rings. The number of rotatable bonds is 5. The maximum atomic E-state index is 12.5. The highest BCUT2D eigenvalue weighted by molar-refractivity contribution is 9.10. The minimum absolute atomic E-state index is 0.0000613. The van der Waals surface area contributed by atoms with Crippen molar-refractivity contribution >= 4 is 50.9 Å². The fourth-order valence-electron chi connectivity index (χ4n) is 2.69. The Morgan fingerprint density at radius 3 is 2.45 bits per heavy atom. The van der Waals surface area contributed by atoms with Gasteiger partial charge in [-0.05, 0) is 29.8 Å². The van der Waals surface area contributed by atoms with Gasteiger partial charge < -0.3 is 5.73 Å². The highest BCUT2D eigenvalue weighted by atomic mass is 79.9. The van der Waals surface area contributed by atoms with Crippen LogP contribution >= 0.6 is 39.3 Å². The minimum Gasteiger partial charge on any atom is -0.383 e. The van der Waals surface area contributed by atoms with Crippen molar-refractivity contribution in [3.63, 3.8) is 0 Å². The second-order valence-electron chi connectivity index (χ2n) is 5.88. The van der Waals surface area contributed by atoms with E-state index in [2.05, 4.69) is 27.0 Å². The van der Waals surface area contributed by atoms with E-state index in [4.69, 9.17) is 17.3 Å². The van der Waals surface area contributed by atoms with Crippen LogP contribution in [0.3, 0.4) is 0 Å². The van der Waals surface area contributed by atoms with E-state index in [1.54, 1.807) is 48.5 Å². The maximum absolute atomic E-state index is 12.5. The third-order valence-corrected chi connectivity index (χ3v) is 5.77. The number of nitrogens with zero attached hydrogens (tertiary/aromatic N) is 3. The van der Waals surface area contributed by atoms with Gasteiger partial charge in [-0.25, -0.2) is 4.98 Å². The van der Waals surface area contributed by atoms with Crippen LogP contribution in [0.2, 0.25) is 5.02 Å². The average Bonchev–Trinajstić information content (AvgIpc) is 2.71. The number of aromatic nitrogens is 1. The van der Waals surface area contributed by atoms with Gasteiger partial charge in [-0.1, -0.05) is 63.6 Å². The van der Waals surface area contributed by atoms with Gasteiger partial charge in [0.15, 0.2) is 5.78 Å². The van der Waals surface area contributed by atoms with Crippen LogP contribution in [0.5, 0.6) is 0 Å². The summed E-state index contributed by atoms with van der Waals surface area (Å²) in [5, 5.41) is 20.1. The van der Waals surface area contributed by atoms with Crippen molar-refractivity contribution in [1.82, 2.24) is 4.98 Å². The highest BCUT2D eigenvalue weighted by Crippen LogP contribution is 2.36. The van der Waals surface area contributed by atoms with Crippen LogP contribution in [0.15, 0.2) is 58.0 Å². The molecule has 0 unspecified atom stereocenters. The number of carbonyl (C=O) groups excluding carboxylic acids is 1. The Hall–Kier alpha value is -2.84. The number of benzene rings is 2. The van der Waals surface area contributed by atoms with E-state index < -0.39 is 0 Å². The molecule has 0 atom stereocenters. The van der Waals surface area contributed by atoms with Crippen molar-refractivity contribution in [2.75, 3.05) is 11.5 Å². The normalized spacial score (nSPS) is 10.2. The summed E-state index contributed by atoms with van der Waals surface area (Å²) < 4.78 is 0.876. The van der Waals surface area contributed by atoms with Crippen molar-refractivity contribution in [2.24, 2.45) is 0 Å². The molecule has 0 saturated heterocycles. The van der Waals surface area contributed by atoms with Crippen molar-refractivity contribution in [3.8, 4) is 23.3 Å². The third kappa shape index (κ3) is 4.60. The summed E-state index contributed by atoms with van der Waals surface area (Å²) >= 11 is 10.5. The summed E-state index contributed by atoms with van der Waals surface area (Å²) in [4.78, 5) is 16.7. The summed E-state index contributed by atoms with van der Waals surface area (Å²) in [5.41, 5.74) is 7.78. The number of thioether (sulfide) groups is 1. The number of ketones is 1. The first-order valence-electron chi connectivity index (χ1n) is 8.25. The van der Waals surface area contributed by atoms with Crippen molar-refractivity contribution < 1.29 is 4.79 Å². The first-order valence-corrected chi connectivity index (χ1v) is 10.4. The van der Waals surface area contributed by atoms with Crippen molar-refractivity contribution in [3.05, 3.63) is 74.7 Å². The first kappa shape index (κ1) is 20.9. The standard InChI is InChI=1S/C21H12BrClN4OS/c22-14-6-4-12(5-7-14)18(28)11-29-21-17(10-25)19(16(9-24)20(26)27-21)13-2-1-3-15(23)8-13/h1-8H,11H2,(H2,26,27). The molecular formula is C21H12BrClN4OS. The van der Waals surface area contributed by atoms with Crippen LogP contribution in [0.4, 0.5) is 5.82 Å². The van der Waals surface area contributed by atoms with E-state index in [1.807, 2.05) is 6.07 Å². The zero-order chi connectivity index (χ0) is 21.0. The second kappa shape index (κ2) is 9.11. The second-order valence-corrected chi connectivity index (χ2v) is 8.20. The SMILES string of the molecule is N#Cc1c(N)nc(SCC(=O)c2ccc(Br)cc2)c(C#N)c1-c1cccc(Cl)c1. The first-order chi connectivity index (χ1) is 13.9. The van der Waals surface area contributed by atoms with Crippen LogP contribution in [-0.2, 0) is 0 Å². The predicted octanol–water partition coefficient (Wildman–Crippen LogP) is 5.47. The third-order valence-electron chi connectivity index (χ3n) is 4.04. The Balaban J connectivity index is 2.02. The van der Waals surface area contributed by atoms with Gasteiger partial charge in [0, 0.05) is 20.6 Å². The molecule has 0 spiro atoms. The summed E-state index contributed by atoms with van der Waals surface area (Å²) in [6.45, 7) is 0. The van der Waals surface area contributed by atoms with Crippen LogP contribution in [0.25, 0.3) is 11.1 Å². The number of nitrogen functional groups attached to an aromatic ring is 1. The molecule has 0 aliphatic heterocycles. The number of carbonyl (C=O) groups is 1. The zero-order valence-electron chi connectivity index (χ0n) is 14.8. The molecule has 3 rings (SSSR count). The van der Waals surface area contributed by atoms with E-state index >= 15 is 0 Å². The van der Waals surface area contributed by atoms with Crippen LogP contribution in [0, 0.1) is 22.7 Å². The number of Topliss-reactive ketones (excluding diaryl/α,β-unsaturated/α-hetero) is 1. The Morgan fingerprint density at radius 1 is 1.14 bits per heavy atom. The lowest BCUT2D eigenvalue weighted by molar-refractivity contribution is 0.102. The van der Waals surface area contributed by atoms with E-state index in [1.165, 1.54) is 0 Å². The Labute approximate surface area is 185 Å². The average molecular weight is 484 g/mol. The number of anilines is 1. The molecule has 5 nitrogen and oxygen atoms in total. The fourth-order valence-corrected chi connectivity index (χ4v) is 4.03. The molecule has 1 aromatic heterocycles. The lowest BCUT2D eigenvalue weighted by Crippen LogP contribution is -2.06. The minimum atomic E-state index is -0.111. The van der Waals surface area contributed by atoms with Crippen molar-refractivity contribution in [1.29, 1.82) is 10.5 Å². The van der Waals surface area contributed by atoms with Gasteiger partial charge in [0.25, 0.3) is 0 Å². The Bertz CT molecular complexity index is 1180.